The number of aromatic nitrogens is 1. The van der Waals surface area contributed by atoms with Gasteiger partial charge in [-0.25, -0.2) is 0 Å². The molecule has 1 aromatic heterocycles. The van der Waals surface area contributed by atoms with Crippen LogP contribution in [0.15, 0.2) is 340 Å². The Labute approximate surface area is 516 Å². The number of nitrogens with zero attached hydrogens (tertiary/aromatic N) is 1. The third-order valence-corrected chi connectivity index (χ3v) is 17.3. The number of rotatable bonds is 12. The second kappa shape index (κ2) is 23.2. The smallest absolute Gasteiger partial charge is 0.309 e. The lowest BCUT2D eigenvalue weighted by atomic mass is 9.91. The van der Waals surface area contributed by atoms with Crippen LogP contribution in [0, 0.1) is 0 Å². The van der Waals surface area contributed by atoms with E-state index < -0.39 is 11.7 Å². The highest BCUT2D eigenvalue weighted by molar-refractivity contribution is 6.12. The summed E-state index contributed by atoms with van der Waals surface area (Å²) in [5, 5.41) is 1.93. The van der Waals surface area contributed by atoms with Crippen LogP contribution < -0.4 is 0 Å². The highest BCUT2D eigenvalue weighted by atomic mass is 19.4. The Morgan fingerprint density at radius 2 is 0.427 bits per heavy atom. The second-order valence-electron chi connectivity index (χ2n) is 22.7. The van der Waals surface area contributed by atoms with E-state index in [4.69, 9.17) is 0 Å². The molecule has 422 valence electrons. The predicted molar refractivity (Wildman–Crippen MR) is 366 cm³/mol. The van der Waals surface area contributed by atoms with Gasteiger partial charge in [0.05, 0.1) is 22.3 Å². The summed E-state index contributed by atoms with van der Waals surface area (Å²) in [6.07, 6.45) is -4.57. The Bertz CT molecular complexity index is 4560. The third-order valence-electron chi connectivity index (χ3n) is 17.3. The van der Waals surface area contributed by atoms with Crippen molar-refractivity contribution in [3.05, 3.63) is 345 Å². The lowest BCUT2D eigenvalue weighted by Gasteiger charge is -2.18. The Morgan fingerprint density at radius 3 is 0.742 bits per heavy atom. The molecule has 15 rings (SSSR count). The molecule has 1 nitrogen and oxygen atoms in total. The Hall–Kier alpha value is -11.3. The topological polar surface area (TPSA) is 4.93 Å². The van der Waals surface area contributed by atoms with E-state index in [-0.39, 0.29) is 5.56 Å². The third kappa shape index (κ3) is 10.8. The molecule has 0 aliphatic carbocycles. The van der Waals surface area contributed by atoms with Gasteiger partial charge in [0, 0.05) is 16.3 Å². The number of hydrogen-bond donors (Lipinski definition) is 0. The molecule has 0 fully saturated rings. The molecule has 0 radical (unpaired) electrons. The first-order chi connectivity index (χ1) is 43.7. The van der Waals surface area contributed by atoms with Gasteiger partial charge < -0.3 is 4.57 Å². The normalized spacial score (nSPS) is 11.5. The van der Waals surface area contributed by atoms with Crippen LogP contribution in [0.2, 0.25) is 0 Å². The fourth-order valence-electron chi connectivity index (χ4n) is 12.7. The predicted octanol–water partition coefficient (Wildman–Crippen LogP) is 24.1. The molecule has 0 bridgehead atoms. The van der Waals surface area contributed by atoms with Crippen molar-refractivity contribution in [1.82, 2.24) is 4.57 Å². The zero-order valence-corrected chi connectivity index (χ0v) is 48.4. The quantitative estimate of drug-likeness (QED) is 0.115. The van der Waals surface area contributed by atoms with Crippen LogP contribution in [-0.4, -0.2) is 4.57 Å². The van der Waals surface area contributed by atoms with E-state index in [9.17, 15) is 0 Å². The monoisotopic (exact) mass is 1150 g/mol. The zero-order valence-electron chi connectivity index (χ0n) is 48.4. The van der Waals surface area contributed by atoms with Crippen molar-refractivity contribution in [3.8, 4) is 128 Å². The Kier molecular flexibility index (Phi) is 14.1. The van der Waals surface area contributed by atoms with Gasteiger partial charge in [-0.2, -0.15) is 13.2 Å². The molecule has 0 atom stereocenters. The molecule has 0 aliphatic heterocycles. The molecule has 0 amide bonds. The summed E-state index contributed by atoms with van der Waals surface area (Å²) in [6.45, 7) is 0. The van der Waals surface area contributed by atoms with Crippen LogP contribution in [0.1, 0.15) is 5.56 Å². The van der Waals surface area contributed by atoms with E-state index in [0.29, 0.717) is 11.3 Å². The van der Waals surface area contributed by atoms with Gasteiger partial charge in [-0.3, -0.25) is 0 Å². The van der Waals surface area contributed by atoms with Gasteiger partial charge in [0.15, 0.2) is 0 Å². The molecule has 1 heterocycles. The second-order valence-corrected chi connectivity index (χ2v) is 22.7. The Morgan fingerprint density at radius 1 is 0.191 bits per heavy atom. The van der Waals surface area contributed by atoms with Crippen LogP contribution in [0.5, 0.6) is 0 Å². The summed E-state index contributed by atoms with van der Waals surface area (Å²) >= 11 is 0. The van der Waals surface area contributed by atoms with E-state index in [1.54, 1.807) is 18.2 Å². The first-order valence-electron chi connectivity index (χ1n) is 30.0. The molecular formula is C85H56F3N. The fourth-order valence-corrected chi connectivity index (χ4v) is 12.7. The molecule has 0 spiro atoms. The number of benzene rings is 14. The number of alkyl halides is 3. The van der Waals surface area contributed by atoms with E-state index >= 15 is 13.2 Å². The molecule has 89 heavy (non-hydrogen) atoms. The van der Waals surface area contributed by atoms with Crippen molar-refractivity contribution < 1.29 is 13.2 Å². The van der Waals surface area contributed by atoms with Crippen molar-refractivity contribution in [1.29, 1.82) is 0 Å². The molecule has 0 saturated heterocycles. The van der Waals surface area contributed by atoms with Crippen molar-refractivity contribution >= 4 is 21.8 Å². The van der Waals surface area contributed by atoms with Gasteiger partial charge in [0.2, 0.25) is 0 Å². The molecule has 0 N–H and O–H groups in total. The van der Waals surface area contributed by atoms with E-state index in [1.165, 1.54) is 12.1 Å². The minimum Gasteiger partial charge on any atom is -0.309 e. The maximum atomic E-state index is 15.0. The molecule has 0 saturated carbocycles. The summed E-state index contributed by atoms with van der Waals surface area (Å²) in [6, 6.07) is 117. The molecular weight excluding hydrogens is 1090 g/mol. The van der Waals surface area contributed by atoms with Crippen molar-refractivity contribution in [3.63, 3.8) is 0 Å². The van der Waals surface area contributed by atoms with Crippen molar-refractivity contribution in [2.24, 2.45) is 0 Å². The van der Waals surface area contributed by atoms with Gasteiger partial charge in [-0.15, -0.1) is 0 Å². The summed E-state index contributed by atoms with van der Waals surface area (Å²) in [5.41, 5.74) is 24.2. The molecule has 15 aromatic rings. The first kappa shape index (κ1) is 54.3. The van der Waals surface area contributed by atoms with Crippen LogP contribution in [-0.2, 0) is 6.18 Å². The average Bonchev–Trinajstić information content (AvgIpc) is 1.73. The number of fused-ring (bicyclic) bond motifs is 3. The number of para-hydroxylation sites is 1. The van der Waals surface area contributed by atoms with Crippen LogP contribution in [0.4, 0.5) is 13.2 Å². The fraction of sp³-hybridized carbons (Fsp3) is 0.0118. The lowest BCUT2D eigenvalue weighted by molar-refractivity contribution is -0.137. The largest absolute Gasteiger partial charge is 0.417 e. The number of halogens is 3. The summed E-state index contributed by atoms with van der Waals surface area (Å²) in [4.78, 5) is 0. The minimum absolute atomic E-state index is 0.120. The van der Waals surface area contributed by atoms with Gasteiger partial charge in [-0.05, 0) is 190 Å². The van der Waals surface area contributed by atoms with Gasteiger partial charge in [-0.1, -0.05) is 267 Å². The van der Waals surface area contributed by atoms with Crippen LogP contribution >= 0.6 is 0 Å². The average molecular weight is 1150 g/mol. The van der Waals surface area contributed by atoms with E-state index in [2.05, 4.69) is 271 Å². The van der Waals surface area contributed by atoms with Crippen LogP contribution in [0.25, 0.3) is 150 Å². The maximum absolute atomic E-state index is 15.0. The minimum atomic E-state index is -4.57. The zero-order chi connectivity index (χ0) is 59.8. The van der Waals surface area contributed by atoms with Gasteiger partial charge in [0.25, 0.3) is 0 Å². The molecule has 0 unspecified atom stereocenters. The summed E-state index contributed by atoms with van der Waals surface area (Å²) in [7, 11) is 0. The molecule has 4 heteroatoms. The highest BCUT2D eigenvalue weighted by Crippen LogP contribution is 2.45. The molecule has 0 aliphatic rings. The SMILES string of the molecule is FC(F)(F)c1ccccc1-c1ccccc1-n1c2ccc(-c3cc(-c4ccc(-c5ccccc5)cc4)cc(-c4ccc(-c5ccccc5)cc4)c3)cc2c2cc(-c3cc(-c4ccc(-c5ccccc5)cc4)cc(-c4ccc(-c5ccccc5)cc4)c3)ccc21. The first-order valence-corrected chi connectivity index (χ1v) is 30.0. The molecule has 14 aromatic carbocycles. The maximum Gasteiger partial charge on any atom is 0.417 e. The van der Waals surface area contributed by atoms with Crippen molar-refractivity contribution in [2.75, 3.05) is 0 Å². The van der Waals surface area contributed by atoms with E-state index in [0.717, 1.165) is 133 Å². The summed E-state index contributed by atoms with van der Waals surface area (Å²) in [5.74, 6) is 0. The van der Waals surface area contributed by atoms with Gasteiger partial charge in [0.1, 0.15) is 0 Å². The lowest BCUT2D eigenvalue weighted by Crippen LogP contribution is -2.08. The van der Waals surface area contributed by atoms with Crippen LogP contribution in [0.3, 0.4) is 0 Å². The standard InChI is InChI=1S/C85H56F3N/c86-85(87,88)81-27-15-13-25-77(81)78-26-14-16-28-82(78)89-83-47-45-69(75-51-71(65-37-29-61(30-38-65)57-17-5-1-6-18-57)49-72(52-75)66-39-31-62(32-40-66)58-19-7-2-8-20-58)55-79(83)80-56-70(46-48-84(80)89)76-53-73(67-41-33-63(34-42-67)59-21-9-3-10-22-59)50-74(54-76)68-43-35-64(36-44-68)60-23-11-4-12-24-60/h1-56H. The number of hydrogen-bond acceptors (Lipinski definition) is 0. The van der Waals surface area contributed by atoms with Gasteiger partial charge >= 0.3 is 6.18 Å². The van der Waals surface area contributed by atoms with Crippen molar-refractivity contribution in [2.45, 2.75) is 6.18 Å². The highest BCUT2D eigenvalue weighted by Gasteiger charge is 2.34. The summed E-state index contributed by atoms with van der Waals surface area (Å²) < 4.78 is 47.2. The Balaban J connectivity index is 0.924. The van der Waals surface area contributed by atoms with E-state index in [1.807, 2.05) is 42.5 Å².